The third-order valence-electron chi connectivity index (χ3n) is 2.25. The van der Waals surface area contributed by atoms with Gasteiger partial charge in [-0.25, -0.2) is 0 Å². The van der Waals surface area contributed by atoms with Gasteiger partial charge in [0.2, 0.25) is 0 Å². The van der Waals surface area contributed by atoms with Crippen molar-refractivity contribution >= 4 is 32.3 Å². The second kappa shape index (κ2) is 4.44. The van der Waals surface area contributed by atoms with Crippen molar-refractivity contribution in [1.29, 1.82) is 0 Å². The Morgan fingerprint density at radius 2 is 2.62 bits per heavy atom. The molecule has 0 aliphatic carbocycles. The molecule has 0 saturated carbocycles. The van der Waals surface area contributed by atoms with Crippen molar-refractivity contribution in [3.8, 4) is 0 Å². The highest BCUT2D eigenvalue weighted by Gasteiger charge is 2.13. The van der Waals surface area contributed by atoms with E-state index in [1.165, 1.54) is 28.9 Å². The molecule has 13 heavy (non-hydrogen) atoms. The van der Waals surface area contributed by atoms with Crippen LogP contribution in [0, 0.1) is 0 Å². The van der Waals surface area contributed by atoms with E-state index >= 15 is 0 Å². The van der Waals surface area contributed by atoms with Crippen LogP contribution in [-0.2, 0) is 0 Å². The highest BCUT2D eigenvalue weighted by Crippen LogP contribution is 2.24. The minimum Gasteiger partial charge on any atom is -0.375 e. The molecule has 0 aromatic carbocycles. The number of anilines is 1. The van der Waals surface area contributed by atoms with Gasteiger partial charge in [-0.15, -0.1) is 11.3 Å². The Hall–Kier alpha value is -0.0600. The quantitative estimate of drug-likeness (QED) is 0.874. The van der Waals surface area contributed by atoms with Crippen LogP contribution in [0.1, 0.15) is 12.8 Å². The monoisotopic (exact) mass is 260 g/mol. The van der Waals surface area contributed by atoms with E-state index in [9.17, 15) is 0 Å². The summed E-state index contributed by atoms with van der Waals surface area (Å²) in [6.07, 6.45) is 2.63. The topological polar surface area (TPSA) is 24.1 Å². The predicted octanol–water partition coefficient (Wildman–Crippen LogP) is 2.67. The van der Waals surface area contributed by atoms with Crippen LogP contribution in [0.15, 0.2) is 15.9 Å². The molecule has 1 atom stereocenters. The number of nitrogens with one attached hydrogen (secondary N) is 2. The first kappa shape index (κ1) is 9.49. The second-order valence-corrected chi connectivity index (χ2v) is 5.13. The van der Waals surface area contributed by atoms with Gasteiger partial charge in [0.05, 0.1) is 5.00 Å². The molecule has 0 amide bonds. The molecule has 1 aromatic rings. The van der Waals surface area contributed by atoms with Crippen molar-refractivity contribution in [1.82, 2.24) is 5.32 Å². The zero-order valence-corrected chi connectivity index (χ0v) is 9.75. The molecule has 0 bridgehead atoms. The fourth-order valence-corrected chi connectivity index (χ4v) is 2.89. The fourth-order valence-electron chi connectivity index (χ4n) is 1.56. The highest BCUT2D eigenvalue weighted by atomic mass is 79.9. The molecule has 0 spiro atoms. The first-order valence-corrected chi connectivity index (χ1v) is 6.23. The highest BCUT2D eigenvalue weighted by molar-refractivity contribution is 9.10. The van der Waals surface area contributed by atoms with Crippen LogP contribution in [0.2, 0.25) is 0 Å². The molecule has 2 rings (SSSR count). The maximum Gasteiger partial charge on any atom is 0.0894 e. The van der Waals surface area contributed by atoms with Crippen molar-refractivity contribution < 1.29 is 0 Å². The first-order valence-electron chi connectivity index (χ1n) is 4.56. The Kier molecular flexibility index (Phi) is 3.24. The number of rotatable bonds is 3. The van der Waals surface area contributed by atoms with Gasteiger partial charge in [0, 0.05) is 22.4 Å². The molecule has 2 heterocycles. The van der Waals surface area contributed by atoms with E-state index in [0.717, 1.165) is 6.54 Å². The van der Waals surface area contributed by atoms with E-state index < -0.39 is 0 Å². The Bertz CT molecular complexity index is 268. The predicted molar refractivity (Wildman–Crippen MR) is 61.5 cm³/mol. The number of hydrogen-bond acceptors (Lipinski definition) is 3. The molecule has 2 N–H and O–H groups in total. The van der Waals surface area contributed by atoms with E-state index in [-0.39, 0.29) is 0 Å². The zero-order chi connectivity index (χ0) is 9.10. The van der Waals surface area contributed by atoms with Gasteiger partial charge in [-0.2, -0.15) is 0 Å². The van der Waals surface area contributed by atoms with Crippen LogP contribution in [0.5, 0.6) is 0 Å². The van der Waals surface area contributed by atoms with Gasteiger partial charge in [0.15, 0.2) is 0 Å². The molecular formula is C9H13BrN2S. The SMILES string of the molecule is Brc1csc(NCC2CCCN2)c1. The van der Waals surface area contributed by atoms with Gasteiger partial charge in [-0.3, -0.25) is 0 Å². The van der Waals surface area contributed by atoms with Crippen molar-refractivity contribution in [3.63, 3.8) is 0 Å². The summed E-state index contributed by atoms with van der Waals surface area (Å²) in [6.45, 7) is 2.23. The molecule has 1 aliphatic heterocycles. The Morgan fingerprint density at radius 3 is 3.23 bits per heavy atom. The Balaban J connectivity index is 1.78. The van der Waals surface area contributed by atoms with Crippen LogP contribution in [0.3, 0.4) is 0 Å². The first-order chi connectivity index (χ1) is 6.34. The molecule has 72 valence electrons. The molecule has 1 fully saturated rings. The molecule has 0 radical (unpaired) electrons. The number of thiophene rings is 1. The van der Waals surface area contributed by atoms with E-state index in [0.29, 0.717) is 6.04 Å². The van der Waals surface area contributed by atoms with Crippen LogP contribution in [-0.4, -0.2) is 19.1 Å². The van der Waals surface area contributed by atoms with Crippen LogP contribution in [0.25, 0.3) is 0 Å². The van der Waals surface area contributed by atoms with Crippen molar-refractivity contribution in [2.24, 2.45) is 0 Å². The van der Waals surface area contributed by atoms with Crippen molar-refractivity contribution in [2.45, 2.75) is 18.9 Å². The maximum atomic E-state index is 3.46. The summed E-state index contributed by atoms with van der Waals surface area (Å²) in [6, 6.07) is 2.79. The summed E-state index contributed by atoms with van der Waals surface area (Å²) in [4.78, 5) is 0. The molecule has 1 unspecified atom stereocenters. The van der Waals surface area contributed by atoms with Crippen molar-refractivity contribution in [2.75, 3.05) is 18.4 Å². The summed E-state index contributed by atoms with van der Waals surface area (Å²) in [5.41, 5.74) is 0. The number of hydrogen-bond donors (Lipinski definition) is 2. The van der Waals surface area contributed by atoms with Gasteiger partial charge in [0.25, 0.3) is 0 Å². The van der Waals surface area contributed by atoms with Crippen LogP contribution in [0.4, 0.5) is 5.00 Å². The van der Waals surface area contributed by atoms with Crippen molar-refractivity contribution in [3.05, 3.63) is 15.9 Å². The smallest absolute Gasteiger partial charge is 0.0894 e. The standard InChI is InChI=1S/C9H13BrN2S/c10-7-4-9(13-6-7)12-5-8-2-1-3-11-8/h4,6,8,11-12H,1-3,5H2. The van der Waals surface area contributed by atoms with Gasteiger partial charge in [-0.1, -0.05) is 0 Å². The van der Waals surface area contributed by atoms with E-state index in [1.807, 2.05) is 0 Å². The Labute approximate surface area is 90.9 Å². The molecule has 1 aliphatic rings. The fraction of sp³-hybridized carbons (Fsp3) is 0.556. The largest absolute Gasteiger partial charge is 0.375 e. The normalized spacial score (nSPS) is 22.1. The summed E-state index contributed by atoms with van der Waals surface area (Å²) >= 11 is 5.19. The van der Waals surface area contributed by atoms with Crippen LogP contribution < -0.4 is 10.6 Å². The lowest BCUT2D eigenvalue weighted by atomic mass is 10.2. The average Bonchev–Trinajstić information content (AvgIpc) is 2.71. The summed E-state index contributed by atoms with van der Waals surface area (Å²) in [5.74, 6) is 0. The number of halogens is 1. The summed E-state index contributed by atoms with van der Waals surface area (Å²) in [5, 5.41) is 10.2. The van der Waals surface area contributed by atoms with E-state index in [2.05, 4.69) is 38.0 Å². The van der Waals surface area contributed by atoms with E-state index in [4.69, 9.17) is 0 Å². The van der Waals surface area contributed by atoms with E-state index in [1.54, 1.807) is 11.3 Å². The average molecular weight is 261 g/mol. The van der Waals surface area contributed by atoms with Gasteiger partial charge in [0.1, 0.15) is 0 Å². The Morgan fingerprint density at radius 1 is 1.69 bits per heavy atom. The molecule has 2 nitrogen and oxygen atoms in total. The minimum absolute atomic E-state index is 0.667. The maximum absolute atomic E-state index is 3.46. The lowest BCUT2D eigenvalue weighted by Crippen LogP contribution is -2.29. The van der Waals surface area contributed by atoms with Gasteiger partial charge >= 0.3 is 0 Å². The molecule has 4 heteroatoms. The second-order valence-electron chi connectivity index (χ2n) is 3.30. The van der Waals surface area contributed by atoms with Gasteiger partial charge in [-0.05, 0) is 41.4 Å². The molecular weight excluding hydrogens is 248 g/mol. The molecule has 1 saturated heterocycles. The lowest BCUT2D eigenvalue weighted by Gasteiger charge is -2.10. The third-order valence-corrected chi connectivity index (χ3v) is 3.90. The van der Waals surface area contributed by atoms with Crippen LogP contribution >= 0.6 is 27.3 Å². The summed E-state index contributed by atoms with van der Waals surface area (Å²) < 4.78 is 1.17. The third kappa shape index (κ3) is 2.69. The summed E-state index contributed by atoms with van der Waals surface area (Å²) in [7, 11) is 0. The lowest BCUT2D eigenvalue weighted by molar-refractivity contribution is 0.634. The minimum atomic E-state index is 0.667. The van der Waals surface area contributed by atoms with Gasteiger partial charge < -0.3 is 10.6 Å². The molecule has 1 aromatic heterocycles. The zero-order valence-electron chi connectivity index (χ0n) is 7.35.